The van der Waals surface area contributed by atoms with E-state index in [4.69, 9.17) is 16.9 Å². The number of nitrogens with zero attached hydrogens (tertiary/aromatic N) is 5. The molecule has 5 nitrogen and oxygen atoms in total. The second-order valence-corrected chi connectivity index (χ2v) is 6.04. The van der Waals surface area contributed by atoms with E-state index in [1.54, 1.807) is 4.52 Å². The number of halogens is 1. The van der Waals surface area contributed by atoms with Gasteiger partial charge in [0.05, 0.1) is 6.20 Å². The van der Waals surface area contributed by atoms with Crippen LogP contribution in [0, 0.1) is 11.3 Å². The smallest absolute Gasteiger partial charge is 0.176 e. The monoisotopic (exact) mass is 275 g/mol. The van der Waals surface area contributed by atoms with E-state index < -0.39 is 0 Å². The first-order valence-electron chi connectivity index (χ1n) is 6.17. The van der Waals surface area contributed by atoms with Gasteiger partial charge in [0, 0.05) is 17.6 Å². The summed E-state index contributed by atoms with van der Waals surface area (Å²) in [6, 6.07) is 2.10. The standard InChI is InChI=1S/C13H14ClN5/c1-13(2,3)18-5-4-9-10(14)17-11-8(6-15)7-16-19(11)12(9)18/h7H,4-5H2,1-3H3. The zero-order chi connectivity index (χ0) is 13.8. The highest BCUT2D eigenvalue weighted by molar-refractivity contribution is 6.30. The van der Waals surface area contributed by atoms with Gasteiger partial charge in [0.25, 0.3) is 0 Å². The van der Waals surface area contributed by atoms with Crippen molar-refractivity contribution in [1.82, 2.24) is 14.6 Å². The van der Waals surface area contributed by atoms with Crippen molar-refractivity contribution in [3.05, 3.63) is 22.5 Å². The van der Waals surface area contributed by atoms with Crippen molar-refractivity contribution in [3.63, 3.8) is 0 Å². The molecular formula is C13H14ClN5. The number of hydrogen-bond donors (Lipinski definition) is 0. The molecule has 0 saturated carbocycles. The van der Waals surface area contributed by atoms with Crippen molar-refractivity contribution in [2.24, 2.45) is 0 Å². The van der Waals surface area contributed by atoms with Crippen LogP contribution in [0.5, 0.6) is 0 Å². The summed E-state index contributed by atoms with van der Waals surface area (Å²) in [7, 11) is 0. The van der Waals surface area contributed by atoms with Crippen LogP contribution in [0.2, 0.25) is 5.15 Å². The van der Waals surface area contributed by atoms with E-state index in [0.717, 1.165) is 24.3 Å². The SMILES string of the molecule is CC(C)(C)N1CCc2c(Cl)nc3c(C#N)cnn3c21. The lowest BCUT2D eigenvalue weighted by Crippen LogP contribution is -2.41. The number of fused-ring (bicyclic) bond motifs is 3. The molecule has 0 aliphatic carbocycles. The van der Waals surface area contributed by atoms with E-state index in [2.05, 4.69) is 41.8 Å². The Bertz CT molecular complexity index is 704. The number of rotatable bonds is 0. The second kappa shape index (κ2) is 3.84. The van der Waals surface area contributed by atoms with Crippen molar-refractivity contribution < 1.29 is 0 Å². The molecule has 1 aliphatic heterocycles. The summed E-state index contributed by atoms with van der Waals surface area (Å²) < 4.78 is 1.73. The Morgan fingerprint density at radius 1 is 1.42 bits per heavy atom. The third-order valence-electron chi connectivity index (χ3n) is 3.44. The molecule has 2 aromatic heterocycles. The third-order valence-corrected chi connectivity index (χ3v) is 3.75. The van der Waals surface area contributed by atoms with E-state index >= 15 is 0 Å². The van der Waals surface area contributed by atoms with E-state index in [1.807, 2.05) is 0 Å². The summed E-state index contributed by atoms with van der Waals surface area (Å²) >= 11 is 6.26. The lowest BCUT2D eigenvalue weighted by Gasteiger charge is -2.34. The van der Waals surface area contributed by atoms with Gasteiger partial charge in [0.2, 0.25) is 0 Å². The molecule has 0 fully saturated rings. The molecule has 6 heteroatoms. The molecule has 2 aromatic rings. The quantitative estimate of drug-likeness (QED) is 0.693. The van der Waals surface area contributed by atoms with Crippen molar-refractivity contribution in [2.75, 3.05) is 11.4 Å². The van der Waals surface area contributed by atoms with Crippen LogP contribution in [0.25, 0.3) is 5.65 Å². The summed E-state index contributed by atoms with van der Waals surface area (Å²) in [5.74, 6) is 0.962. The number of hydrogen-bond acceptors (Lipinski definition) is 4. The molecule has 0 radical (unpaired) electrons. The number of anilines is 1. The first-order valence-corrected chi connectivity index (χ1v) is 6.55. The van der Waals surface area contributed by atoms with Gasteiger partial charge >= 0.3 is 0 Å². The van der Waals surface area contributed by atoms with Crippen LogP contribution in [-0.4, -0.2) is 26.7 Å². The zero-order valence-electron chi connectivity index (χ0n) is 11.1. The predicted molar refractivity (Wildman–Crippen MR) is 73.5 cm³/mol. The third kappa shape index (κ3) is 1.67. The highest BCUT2D eigenvalue weighted by Crippen LogP contribution is 2.37. The largest absolute Gasteiger partial charge is 0.351 e. The van der Waals surface area contributed by atoms with Gasteiger partial charge in [0.1, 0.15) is 22.6 Å². The van der Waals surface area contributed by atoms with Gasteiger partial charge in [-0.2, -0.15) is 14.9 Å². The van der Waals surface area contributed by atoms with Gasteiger partial charge in [-0.15, -0.1) is 0 Å². The average molecular weight is 276 g/mol. The molecule has 0 aromatic carbocycles. The van der Waals surface area contributed by atoms with Crippen LogP contribution < -0.4 is 4.90 Å². The lowest BCUT2D eigenvalue weighted by molar-refractivity contribution is 0.510. The van der Waals surface area contributed by atoms with Gasteiger partial charge in [-0.1, -0.05) is 11.6 Å². The Kier molecular flexibility index (Phi) is 2.48. The average Bonchev–Trinajstić information content (AvgIpc) is 2.90. The maximum atomic E-state index is 9.09. The first-order chi connectivity index (χ1) is 8.93. The molecule has 98 valence electrons. The summed E-state index contributed by atoms with van der Waals surface area (Å²) in [6.45, 7) is 7.34. The summed E-state index contributed by atoms with van der Waals surface area (Å²) in [6.07, 6.45) is 2.40. The molecular weight excluding hydrogens is 262 g/mol. The summed E-state index contributed by atoms with van der Waals surface area (Å²) in [5, 5.41) is 13.9. The Morgan fingerprint density at radius 2 is 2.16 bits per heavy atom. The molecule has 0 bridgehead atoms. The van der Waals surface area contributed by atoms with E-state index in [9.17, 15) is 0 Å². The van der Waals surface area contributed by atoms with Gasteiger partial charge in [0.15, 0.2) is 5.65 Å². The molecule has 0 spiro atoms. The molecule has 0 saturated heterocycles. The lowest BCUT2D eigenvalue weighted by atomic mass is 10.1. The highest BCUT2D eigenvalue weighted by Gasteiger charge is 2.33. The van der Waals surface area contributed by atoms with E-state index in [1.165, 1.54) is 6.20 Å². The number of nitriles is 1. The molecule has 19 heavy (non-hydrogen) atoms. The molecule has 0 N–H and O–H groups in total. The number of aromatic nitrogens is 3. The Hall–Kier alpha value is -1.80. The fraction of sp³-hybridized carbons (Fsp3) is 0.462. The molecule has 0 amide bonds. The Labute approximate surface area is 116 Å². The first kappa shape index (κ1) is 12.2. The van der Waals surface area contributed by atoms with Gasteiger partial charge in [-0.25, -0.2) is 4.98 Å². The summed E-state index contributed by atoms with van der Waals surface area (Å²) in [5.41, 5.74) is 1.96. The Morgan fingerprint density at radius 3 is 2.79 bits per heavy atom. The topological polar surface area (TPSA) is 57.2 Å². The Balaban J connectivity index is 2.35. The van der Waals surface area contributed by atoms with Crippen molar-refractivity contribution in [2.45, 2.75) is 32.7 Å². The predicted octanol–water partition coefficient (Wildman–Crippen LogP) is 2.42. The van der Waals surface area contributed by atoms with Gasteiger partial charge in [-0.3, -0.25) is 0 Å². The maximum Gasteiger partial charge on any atom is 0.176 e. The van der Waals surface area contributed by atoms with Crippen LogP contribution >= 0.6 is 11.6 Å². The minimum absolute atomic E-state index is 0.0262. The molecule has 3 rings (SSSR count). The maximum absolute atomic E-state index is 9.09. The molecule has 3 heterocycles. The van der Waals surface area contributed by atoms with Crippen molar-refractivity contribution >= 4 is 23.1 Å². The molecule has 0 unspecified atom stereocenters. The van der Waals surface area contributed by atoms with Crippen LogP contribution in [0.3, 0.4) is 0 Å². The molecule has 0 atom stereocenters. The van der Waals surface area contributed by atoms with E-state index in [-0.39, 0.29) is 5.54 Å². The van der Waals surface area contributed by atoms with Crippen LogP contribution in [0.1, 0.15) is 31.9 Å². The fourth-order valence-electron chi connectivity index (χ4n) is 2.54. The van der Waals surface area contributed by atoms with Crippen LogP contribution in [0.15, 0.2) is 6.20 Å². The second-order valence-electron chi connectivity index (χ2n) is 5.68. The minimum Gasteiger partial charge on any atom is -0.351 e. The van der Waals surface area contributed by atoms with E-state index in [0.29, 0.717) is 16.4 Å². The normalized spacial score (nSPS) is 14.8. The van der Waals surface area contributed by atoms with Crippen molar-refractivity contribution in [3.8, 4) is 6.07 Å². The summed E-state index contributed by atoms with van der Waals surface area (Å²) in [4.78, 5) is 6.57. The van der Waals surface area contributed by atoms with Gasteiger partial charge in [-0.05, 0) is 27.2 Å². The van der Waals surface area contributed by atoms with Gasteiger partial charge < -0.3 is 4.90 Å². The zero-order valence-corrected chi connectivity index (χ0v) is 11.9. The van der Waals surface area contributed by atoms with Crippen LogP contribution in [-0.2, 0) is 6.42 Å². The fourth-order valence-corrected chi connectivity index (χ4v) is 2.80. The van der Waals surface area contributed by atoms with Crippen molar-refractivity contribution in [1.29, 1.82) is 5.26 Å². The highest BCUT2D eigenvalue weighted by atomic mass is 35.5. The van der Waals surface area contributed by atoms with Crippen LogP contribution in [0.4, 0.5) is 5.82 Å². The minimum atomic E-state index is -0.0262. The molecule has 1 aliphatic rings.